The van der Waals surface area contributed by atoms with Crippen LogP contribution >= 0.6 is 11.6 Å². The molecule has 76 valence electrons. The van der Waals surface area contributed by atoms with Gasteiger partial charge in [0.05, 0.1) is 23.7 Å². The van der Waals surface area contributed by atoms with Crippen molar-refractivity contribution in [3.63, 3.8) is 0 Å². The summed E-state index contributed by atoms with van der Waals surface area (Å²) in [6.07, 6.45) is 1.15. The van der Waals surface area contributed by atoms with Crippen molar-refractivity contribution in [3.8, 4) is 0 Å². The number of carbonyl (C=O) groups excluding carboxylic acids is 1. The molecule has 0 bridgehead atoms. The van der Waals surface area contributed by atoms with Crippen molar-refractivity contribution in [2.24, 2.45) is 0 Å². The van der Waals surface area contributed by atoms with E-state index in [4.69, 9.17) is 11.6 Å². The summed E-state index contributed by atoms with van der Waals surface area (Å²) in [7, 11) is 0. The number of rotatable bonds is 3. The maximum absolute atomic E-state index is 13.2. The van der Waals surface area contributed by atoms with Crippen molar-refractivity contribution >= 4 is 17.6 Å². The fraction of sp³-hybridized carbons (Fsp3) is 0.333. The lowest BCUT2D eigenvalue weighted by atomic mass is 10.2. The van der Waals surface area contributed by atoms with Crippen molar-refractivity contribution < 1.29 is 13.9 Å². The highest BCUT2D eigenvalue weighted by Gasteiger charge is 2.12. The Labute approximate surface area is 85.9 Å². The highest BCUT2D eigenvalue weighted by atomic mass is 35.5. The average molecular weight is 218 g/mol. The minimum atomic E-state index is -0.665. The van der Waals surface area contributed by atoms with Crippen LogP contribution in [0.5, 0.6) is 0 Å². The highest BCUT2D eigenvalue weighted by Crippen LogP contribution is 2.16. The predicted octanol–water partition coefficient (Wildman–Crippen LogP) is 1.98. The van der Waals surface area contributed by atoms with Crippen molar-refractivity contribution in [2.45, 2.75) is 13.3 Å². The number of aromatic nitrogens is 1. The Morgan fingerprint density at radius 3 is 3.07 bits per heavy atom. The number of nitrogens with zero attached hydrogens (tertiary/aromatic N) is 1. The zero-order chi connectivity index (χ0) is 10.6. The first-order valence-corrected chi connectivity index (χ1v) is 4.47. The zero-order valence-electron chi connectivity index (χ0n) is 7.59. The van der Waals surface area contributed by atoms with E-state index in [1.165, 1.54) is 12.3 Å². The Hall–Kier alpha value is -1.16. The number of hydrogen-bond acceptors (Lipinski definition) is 3. The molecule has 0 aliphatic rings. The molecule has 1 aromatic rings. The summed E-state index contributed by atoms with van der Waals surface area (Å²) in [6.45, 7) is 1.95. The summed E-state index contributed by atoms with van der Waals surface area (Å²) in [5.41, 5.74) is 0.0101. The fourth-order valence-corrected chi connectivity index (χ4v) is 1.10. The first-order valence-electron chi connectivity index (χ1n) is 4.09. The van der Waals surface area contributed by atoms with Gasteiger partial charge in [-0.2, -0.15) is 0 Å². The molecule has 0 atom stereocenters. The van der Waals surface area contributed by atoms with Crippen LogP contribution in [0.2, 0.25) is 5.02 Å². The Bertz CT molecular complexity index is 344. The molecule has 5 heteroatoms. The van der Waals surface area contributed by atoms with E-state index in [1.807, 2.05) is 0 Å². The smallest absolute Gasteiger partial charge is 0.311 e. The van der Waals surface area contributed by atoms with Crippen molar-refractivity contribution in [3.05, 3.63) is 28.8 Å². The van der Waals surface area contributed by atoms with Crippen LogP contribution < -0.4 is 0 Å². The van der Waals surface area contributed by atoms with Gasteiger partial charge in [-0.15, -0.1) is 0 Å². The topological polar surface area (TPSA) is 39.2 Å². The van der Waals surface area contributed by atoms with Crippen LogP contribution in [0.3, 0.4) is 0 Å². The molecule has 1 heterocycles. The summed E-state index contributed by atoms with van der Waals surface area (Å²) < 4.78 is 17.9. The highest BCUT2D eigenvalue weighted by molar-refractivity contribution is 6.30. The van der Waals surface area contributed by atoms with Gasteiger partial charge in [0.2, 0.25) is 0 Å². The van der Waals surface area contributed by atoms with Gasteiger partial charge in [0.1, 0.15) is 0 Å². The summed E-state index contributed by atoms with van der Waals surface area (Å²) >= 11 is 5.51. The minimum absolute atomic E-state index is 0.0101. The van der Waals surface area contributed by atoms with E-state index in [0.29, 0.717) is 0 Å². The molecule has 0 N–H and O–H groups in total. The third-order valence-electron chi connectivity index (χ3n) is 1.53. The Morgan fingerprint density at radius 2 is 2.43 bits per heavy atom. The molecule has 0 saturated carbocycles. The van der Waals surface area contributed by atoms with Gasteiger partial charge in [-0.3, -0.25) is 9.78 Å². The number of carbonyl (C=O) groups is 1. The van der Waals surface area contributed by atoms with E-state index in [-0.39, 0.29) is 23.7 Å². The number of ether oxygens (including phenoxy) is 1. The van der Waals surface area contributed by atoms with Crippen LogP contribution in [0.15, 0.2) is 12.3 Å². The number of hydrogen-bond donors (Lipinski definition) is 0. The van der Waals surface area contributed by atoms with E-state index in [1.54, 1.807) is 6.92 Å². The lowest BCUT2D eigenvalue weighted by Crippen LogP contribution is -2.10. The van der Waals surface area contributed by atoms with Crippen LogP contribution in [-0.4, -0.2) is 17.6 Å². The van der Waals surface area contributed by atoms with Gasteiger partial charge in [0.25, 0.3) is 0 Å². The van der Waals surface area contributed by atoms with E-state index in [0.717, 1.165) is 0 Å². The number of halogens is 2. The van der Waals surface area contributed by atoms with E-state index in [2.05, 4.69) is 9.72 Å². The molecule has 0 aromatic carbocycles. The van der Waals surface area contributed by atoms with Crippen LogP contribution in [0, 0.1) is 5.82 Å². The van der Waals surface area contributed by atoms with Crippen LogP contribution in [-0.2, 0) is 16.0 Å². The normalized spacial score (nSPS) is 9.93. The van der Waals surface area contributed by atoms with Crippen LogP contribution in [0.4, 0.5) is 4.39 Å². The van der Waals surface area contributed by atoms with Gasteiger partial charge in [-0.05, 0) is 13.0 Å². The molecule has 0 unspecified atom stereocenters. The van der Waals surface area contributed by atoms with Gasteiger partial charge in [-0.25, -0.2) is 4.39 Å². The molecule has 0 fully saturated rings. The fourth-order valence-electron chi connectivity index (χ4n) is 0.932. The summed E-state index contributed by atoms with van der Waals surface area (Å²) in [4.78, 5) is 14.7. The Morgan fingerprint density at radius 1 is 1.71 bits per heavy atom. The number of pyridine rings is 1. The standard InChI is InChI=1S/C9H9ClFNO2/c1-2-14-8(13)5-7-9(11)6(10)3-4-12-7/h3-4H,2,5H2,1H3. The average Bonchev–Trinajstić information content (AvgIpc) is 2.13. The van der Waals surface area contributed by atoms with Gasteiger partial charge in [0.15, 0.2) is 5.82 Å². The molecule has 0 spiro atoms. The lowest BCUT2D eigenvalue weighted by molar-refractivity contribution is -0.142. The summed E-state index contributed by atoms with van der Waals surface area (Å²) in [5, 5.41) is -0.0423. The summed E-state index contributed by atoms with van der Waals surface area (Å²) in [6, 6.07) is 1.32. The zero-order valence-corrected chi connectivity index (χ0v) is 8.34. The molecular weight excluding hydrogens is 209 g/mol. The molecule has 0 amide bonds. The first-order chi connectivity index (χ1) is 6.65. The first kappa shape index (κ1) is 10.9. The molecule has 0 saturated heterocycles. The molecular formula is C9H9ClFNO2. The molecule has 0 radical (unpaired) electrons. The third-order valence-corrected chi connectivity index (χ3v) is 1.82. The second-order valence-electron chi connectivity index (χ2n) is 2.54. The van der Waals surface area contributed by atoms with Gasteiger partial charge in [-0.1, -0.05) is 11.6 Å². The quantitative estimate of drug-likeness (QED) is 0.727. The van der Waals surface area contributed by atoms with E-state index in [9.17, 15) is 9.18 Å². The van der Waals surface area contributed by atoms with Gasteiger partial charge < -0.3 is 4.74 Å². The lowest BCUT2D eigenvalue weighted by Gasteiger charge is -2.02. The molecule has 14 heavy (non-hydrogen) atoms. The maximum Gasteiger partial charge on any atom is 0.311 e. The second kappa shape index (κ2) is 4.91. The Kier molecular flexibility index (Phi) is 3.83. The SMILES string of the molecule is CCOC(=O)Cc1nccc(Cl)c1F. The second-order valence-corrected chi connectivity index (χ2v) is 2.94. The molecule has 0 aliphatic heterocycles. The number of esters is 1. The predicted molar refractivity (Wildman–Crippen MR) is 49.5 cm³/mol. The molecule has 1 rings (SSSR count). The van der Waals surface area contributed by atoms with E-state index < -0.39 is 11.8 Å². The molecule has 0 aliphatic carbocycles. The summed E-state index contributed by atoms with van der Waals surface area (Å²) in [5.74, 6) is -1.18. The molecule has 1 aromatic heterocycles. The largest absolute Gasteiger partial charge is 0.466 e. The van der Waals surface area contributed by atoms with Crippen LogP contribution in [0.1, 0.15) is 12.6 Å². The molecule has 3 nitrogen and oxygen atoms in total. The third kappa shape index (κ3) is 2.67. The van der Waals surface area contributed by atoms with Crippen molar-refractivity contribution in [1.82, 2.24) is 4.98 Å². The Balaban J connectivity index is 2.76. The van der Waals surface area contributed by atoms with Crippen molar-refractivity contribution in [2.75, 3.05) is 6.61 Å². The monoisotopic (exact) mass is 217 g/mol. The van der Waals surface area contributed by atoms with Gasteiger partial charge in [0, 0.05) is 6.20 Å². The van der Waals surface area contributed by atoms with Crippen molar-refractivity contribution in [1.29, 1.82) is 0 Å². The van der Waals surface area contributed by atoms with E-state index >= 15 is 0 Å². The minimum Gasteiger partial charge on any atom is -0.466 e. The maximum atomic E-state index is 13.2. The van der Waals surface area contributed by atoms with Crippen LogP contribution in [0.25, 0.3) is 0 Å². The van der Waals surface area contributed by atoms with Gasteiger partial charge >= 0.3 is 5.97 Å².